The van der Waals surface area contributed by atoms with Crippen LogP contribution in [0.2, 0.25) is 0 Å². The molecule has 0 atom stereocenters. The number of carbonyl (C=O) groups excluding carboxylic acids is 2. The molecular formula is C19H24O6. The van der Waals surface area contributed by atoms with E-state index in [9.17, 15) is 14.4 Å². The zero-order valence-corrected chi connectivity index (χ0v) is 14.8. The summed E-state index contributed by atoms with van der Waals surface area (Å²) in [4.78, 5) is 31.9. The van der Waals surface area contributed by atoms with Gasteiger partial charge < -0.3 is 14.6 Å². The SMILES string of the molecule is CC(C)OC(=O)/C=C/C(=O)OC(C)C.O=C(O)C=Cc1ccccc1. The number of ether oxygens (including phenoxy) is 2. The predicted molar refractivity (Wildman–Crippen MR) is 94.7 cm³/mol. The van der Waals surface area contributed by atoms with Crippen molar-refractivity contribution in [3.8, 4) is 0 Å². The average molecular weight is 348 g/mol. The molecule has 0 unspecified atom stereocenters. The van der Waals surface area contributed by atoms with Gasteiger partial charge in [0.1, 0.15) is 0 Å². The predicted octanol–water partition coefficient (Wildman–Crippen LogP) is 3.23. The van der Waals surface area contributed by atoms with E-state index in [1.807, 2.05) is 30.3 Å². The molecule has 0 aromatic heterocycles. The first-order valence-electron chi connectivity index (χ1n) is 7.76. The molecule has 0 saturated carbocycles. The number of carboxylic acid groups (broad SMARTS) is 1. The van der Waals surface area contributed by atoms with E-state index in [-0.39, 0.29) is 12.2 Å². The van der Waals surface area contributed by atoms with Crippen LogP contribution in [0.4, 0.5) is 0 Å². The Morgan fingerprint density at radius 2 is 1.28 bits per heavy atom. The highest BCUT2D eigenvalue weighted by atomic mass is 16.5. The Kier molecular flexibility index (Phi) is 11.1. The van der Waals surface area contributed by atoms with Gasteiger partial charge >= 0.3 is 17.9 Å². The highest BCUT2D eigenvalue weighted by Gasteiger charge is 2.03. The van der Waals surface area contributed by atoms with Crippen LogP contribution in [-0.4, -0.2) is 35.2 Å². The van der Waals surface area contributed by atoms with Crippen molar-refractivity contribution in [1.29, 1.82) is 0 Å². The highest BCUT2D eigenvalue weighted by Crippen LogP contribution is 2.00. The maximum absolute atomic E-state index is 10.9. The quantitative estimate of drug-likeness (QED) is 0.627. The Labute approximate surface area is 147 Å². The number of hydrogen-bond acceptors (Lipinski definition) is 5. The van der Waals surface area contributed by atoms with Gasteiger partial charge in [0, 0.05) is 18.2 Å². The van der Waals surface area contributed by atoms with Crippen molar-refractivity contribution < 1.29 is 29.0 Å². The molecule has 1 aromatic carbocycles. The summed E-state index contributed by atoms with van der Waals surface area (Å²) in [7, 11) is 0. The average Bonchev–Trinajstić information content (AvgIpc) is 2.51. The van der Waals surface area contributed by atoms with Crippen molar-refractivity contribution in [2.24, 2.45) is 0 Å². The maximum atomic E-state index is 10.9. The van der Waals surface area contributed by atoms with Gasteiger partial charge in [0.05, 0.1) is 12.2 Å². The van der Waals surface area contributed by atoms with Crippen molar-refractivity contribution in [2.75, 3.05) is 0 Å². The van der Waals surface area contributed by atoms with Gasteiger partial charge in [-0.05, 0) is 39.3 Å². The van der Waals surface area contributed by atoms with Crippen LogP contribution in [0.15, 0.2) is 48.6 Å². The van der Waals surface area contributed by atoms with Gasteiger partial charge in [-0.15, -0.1) is 0 Å². The topological polar surface area (TPSA) is 89.9 Å². The van der Waals surface area contributed by atoms with Crippen LogP contribution < -0.4 is 0 Å². The Balaban J connectivity index is 0.000000472. The molecule has 25 heavy (non-hydrogen) atoms. The van der Waals surface area contributed by atoms with E-state index in [0.29, 0.717) is 0 Å². The summed E-state index contributed by atoms with van der Waals surface area (Å²) in [6, 6.07) is 9.31. The fraction of sp³-hybridized carbons (Fsp3) is 0.316. The summed E-state index contributed by atoms with van der Waals surface area (Å²) in [5, 5.41) is 8.29. The second kappa shape index (κ2) is 12.5. The number of carbonyl (C=O) groups is 3. The minimum Gasteiger partial charge on any atom is -0.478 e. The lowest BCUT2D eigenvalue weighted by atomic mass is 10.2. The lowest BCUT2D eigenvalue weighted by molar-refractivity contribution is -0.144. The molecule has 0 aliphatic carbocycles. The molecule has 1 aromatic rings. The summed E-state index contributed by atoms with van der Waals surface area (Å²) in [6.45, 7) is 6.94. The molecule has 136 valence electrons. The number of rotatable bonds is 6. The third kappa shape index (κ3) is 14.4. The molecule has 0 spiro atoms. The second-order valence-corrected chi connectivity index (χ2v) is 5.39. The Hall–Kier alpha value is -2.89. The number of esters is 2. The number of carboxylic acids is 1. The summed E-state index contributed by atoms with van der Waals surface area (Å²) < 4.78 is 9.54. The molecule has 1 N–H and O–H groups in total. The molecule has 0 radical (unpaired) electrons. The van der Waals surface area contributed by atoms with Crippen molar-refractivity contribution >= 4 is 24.0 Å². The van der Waals surface area contributed by atoms with Gasteiger partial charge in [0.15, 0.2) is 0 Å². The van der Waals surface area contributed by atoms with E-state index >= 15 is 0 Å². The fourth-order valence-corrected chi connectivity index (χ4v) is 1.41. The molecule has 0 aliphatic heterocycles. The molecule has 1 rings (SSSR count). The smallest absolute Gasteiger partial charge is 0.331 e. The van der Waals surface area contributed by atoms with Crippen LogP contribution in [0, 0.1) is 0 Å². The van der Waals surface area contributed by atoms with Gasteiger partial charge in [0.25, 0.3) is 0 Å². The number of hydrogen-bond donors (Lipinski definition) is 1. The number of benzene rings is 1. The normalized spacial score (nSPS) is 10.6. The summed E-state index contributed by atoms with van der Waals surface area (Å²) in [5.41, 5.74) is 0.898. The first-order chi connectivity index (χ1) is 11.7. The van der Waals surface area contributed by atoms with Crippen molar-refractivity contribution in [1.82, 2.24) is 0 Å². The van der Waals surface area contributed by atoms with Crippen molar-refractivity contribution in [3.05, 3.63) is 54.1 Å². The Morgan fingerprint density at radius 3 is 1.64 bits per heavy atom. The first-order valence-corrected chi connectivity index (χ1v) is 7.76. The number of aliphatic carboxylic acids is 1. The Morgan fingerprint density at radius 1 is 0.840 bits per heavy atom. The summed E-state index contributed by atoms with van der Waals surface area (Å²) >= 11 is 0. The summed E-state index contributed by atoms with van der Waals surface area (Å²) in [6.07, 6.45) is 4.43. The van der Waals surface area contributed by atoms with Crippen LogP contribution in [0.25, 0.3) is 6.08 Å². The molecule has 6 heteroatoms. The van der Waals surface area contributed by atoms with Gasteiger partial charge in [-0.25, -0.2) is 14.4 Å². The molecule has 0 heterocycles. The third-order valence-corrected chi connectivity index (χ3v) is 2.28. The largest absolute Gasteiger partial charge is 0.478 e. The molecule has 0 fully saturated rings. The van der Waals surface area contributed by atoms with Crippen LogP contribution in [0.3, 0.4) is 0 Å². The monoisotopic (exact) mass is 348 g/mol. The van der Waals surface area contributed by atoms with Crippen LogP contribution in [0.1, 0.15) is 33.3 Å². The van der Waals surface area contributed by atoms with Gasteiger partial charge in [-0.2, -0.15) is 0 Å². The van der Waals surface area contributed by atoms with Crippen molar-refractivity contribution in [3.63, 3.8) is 0 Å². The van der Waals surface area contributed by atoms with Gasteiger partial charge in [-0.3, -0.25) is 0 Å². The van der Waals surface area contributed by atoms with E-state index in [4.69, 9.17) is 14.6 Å². The third-order valence-electron chi connectivity index (χ3n) is 2.28. The molecule has 0 aliphatic rings. The Bertz CT molecular complexity index is 576. The molecule has 0 bridgehead atoms. The standard InChI is InChI=1S/C10H16O4.C9H8O2/c1-7(2)13-9(11)5-6-10(12)14-8(3)4;10-9(11)7-6-8-4-2-1-3-5-8/h5-8H,1-4H3;1-7H,(H,10,11)/b6-5+;. The fourth-order valence-electron chi connectivity index (χ4n) is 1.41. The second-order valence-electron chi connectivity index (χ2n) is 5.39. The van der Waals surface area contributed by atoms with Crippen LogP contribution >= 0.6 is 0 Å². The maximum Gasteiger partial charge on any atom is 0.331 e. The molecular weight excluding hydrogens is 324 g/mol. The van der Waals surface area contributed by atoms with Crippen molar-refractivity contribution in [2.45, 2.75) is 39.9 Å². The summed E-state index contributed by atoms with van der Waals surface area (Å²) in [5.74, 6) is -2.00. The van der Waals surface area contributed by atoms with E-state index in [2.05, 4.69) is 0 Å². The van der Waals surface area contributed by atoms with Gasteiger partial charge in [-0.1, -0.05) is 30.3 Å². The van der Waals surface area contributed by atoms with Crippen LogP contribution in [0.5, 0.6) is 0 Å². The molecule has 6 nitrogen and oxygen atoms in total. The minimum absolute atomic E-state index is 0.187. The van der Waals surface area contributed by atoms with E-state index < -0.39 is 17.9 Å². The van der Waals surface area contributed by atoms with Crippen LogP contribution in [-0.2, 0) is 23.9 Å². The lowest BCUT2D eigenvalue weighted by Gasteiger charge is -2.05. The molecule has 0 amide bonds. The van der Waals surface area contributed by atoms with Gasteiger partial charge in [0.2, 0.25) is 0 Å². The zero-order valence-electron chi connectivity index (χ0n) is 14.8. The van der Waals surface area contributed by atoms with E-state index in [1.54, 1.807) is 33.8 Å². The first kappa shape index (κ1) is 22.1. The zero-order chi connectivity index (χ0) is 19.2. The molecule has 0 saturated heterocycles. The minimum atomic E-state index is -0.922. The lowest BCUT2D eigenvalue weighted by Crippen LogP contribution is -2.11. The highest BCUT2D eigenvalue weighted by molar-refractivity contribution is 5.91. The van der Waals surface area contributed by atoms with E-state index in [0.717, 1.165) is 23.8 Å². The van der Waals surface area contributed by atoms with E-state index in [1.165, 1.54) is 0 Å².